The molecule has 0 amide bonds. The minimum Gasteiger partial charge on any atom is -0.491 e. The van der Waals surface area contributed by atoms with E-state index in [-0.39, 0.29) is 0 Å². The topological polar surface area (TPSA) is 45.2 Å². The fourth-order valence-electron chi connectivity index (χ4n) is 3.59. The van der Waals surface area contributed by atoms with E-state index >= 15 is 0 Å². The first-order valence-corrected chi connectivity index (χ1v) is 11.2. The molecule has 5 nitrogen and oxygen atoms in total. The van der Waals surface area contributed by atoms with E-state index in [1.54, 1.807) is 0 Å². The number of hydrogen-bond donors (Lipinski definition) is 1. The molecular weight excluding hydrogens is 400 g/mol. The molecule has 0 saturated carbocycles. The van der Waals surface area contributed by atoms with Gasteiger partial charge in [0.25, 0.3) is 0 Å². The van der Waals surface area contributed by atoms with Gasteiger partial charge in [-0.25, -0.2) is 0 Å². The molecule has 0 aromatic heterocycles. The van der Waals surface area contributed by atoms with Crippen molar-refractivity contribution >= 4 is 11.6 Å². The van der Waals surface area contributed by atoms with Gasteiger partial charge in [-0.2, -0.15) is 0 Å². The number of hydrogen-bond acceptors (Lipinski definition) is 5. The summed E-state index contributed by atoms with van der Waals surface area (Å²) in [5, 5.41) is 11.0. The van der Waals surface area contributed by atoms with Crippen molar-refractivity contribution < 1.29 is 14.6 Å². The third-order valence-corrected chi connectivity index (χ3v) is 5.64. The van der Waals surface area contributed by atoms with Crippen molar-refractivity contribution in [2.75, 3.05) is 52.5 Å². The second kappa shape index (κ2) is 12.3. The number of aliphatic hydroxyl groups is 1. The summed E-state index contributed by atoms with van der Waals surface area (Å²) in [5.41, 5.74) is 2.58. The predicted octanol–water partition coefficient (Wildman–Crippen LogP) is 3.48. The molecule has 0 spiro atoms. The Labute approximate surface area is 185 Å². The minimum atomic E-state index is -0.475. The van der Waals surface area contributed by atoms with Crippen molar-refractivity contribution in [3.8, 4) is 5.75 Å². The molecule has 1 N–H and O–H groups in total. The third kappa shape index (κ3) is 7.89. The van der Waals surface area contributed by atoms with E-state index in [0.717, 1.165) is 49.9 Å². The molecule has 0 aliphatic carbocycles. The number of piperazine rings is 1. The van der Waals surface area contributed by atoms with E-state index in [1.165, 1.54) is 11.1 Å². The summed E-state index contributed by atoms with van der Waals surface area (Å²) in [5.74, 6) is 0.854. The Morgan fingerprint density at radius 2 is 1.53 bits per heavy atom. The van der Waals surface area contributed by atoms with Crippen LogP contribution in [0.25, 0.3) is 0 Å². The zero-order valence-electron chi connectivity index (χ0n) is 17.8. The van der Waals surface area contributed by atoms with Gasteiger partial charge in [-0.3, -0.25) is 9.80 Å². The minimum absolute atomic E-state index is 0.336. The Morgan fingerprint density at radius 1 is 0.900 bits per heavy atom. The van der Waals surface area contributed by atoms with Gasteiger partial charge in [-0.15, -0.1) is 0 Å². The van der Waals surface area contributed by atoms with Crippen LogP contribution in [-0.2, 0) is 17.7 Å². The molecule has 2 aromatic carbocycles. The average molecular weight is 433 g/mol. The van der Waals surface area contributed by atoms with Crippen LogP contribution in [0.15, 0.2) is 48.5 Å². The van der Waals surface area contributed by atoms with E-state index in [9.17, 15) is 5.11 Å². The second-order valence-electron chi connectivity index (χ2n) is 7.78. The van der Waals surface area contributed by atoms with E-state index in [2.05, 4.69) is 41.0 Å². The van der Waals surface area contributed by atoms with Crippen LogP contribution in [0.5, 0.6) is 5.75 Å². The fourth-order valence-corrected chi connectivity index (χ4v) is 3.71. The van der Waals surface area contributed by atoms with Crippen LogP contribution in [0.1, 0.15) is 18.1 Å². The standard InChI is InChI=1S/C24H33ClN2O3/c1-2-20-5-9-24(10-6-20)30-16-15-29-19-23(28)18-27-13-11-26(12-14-27)17-21-3-7-22(25)8-4-21/h3-10,23,28H,2,11-19H2,1H3/t23-/m0/s1. The van der Waals surface area contributed by atoms with Crippen LogP contribution < -0.4 is 4.74 Å². The van der Waals surface area contributed by atoms with Gasteiger partial charge in [0.15, 0.2) is 0 Å². The fraction of sp³-hybridized carbons (Fsp3) is 0.500. The molecule has 164 valence electrons. The molecule has 2 aromatic rings. The first kappa shape index (κ1) is 23.0. The molecule has 0 unspecified atom stereocenters. The SMILES string of the molecule is CCc1ccc(OCCOC[C@@H](O)CN2CCN(Cc3ccc(Cl)cc3)CC2)cc1. The van der Waals surface area contributed by atoms with Crippen LogP contribution in [0.2, 0.25) is 5.02 Å². The maximum atomic E-state index is 10.3. The number of halogens is 1. The summed E-state index contributed by atoms with van der Waals surface area (Å²) in [7, 11) is 0. The van der Waals surface area contributed by atoms with Gasteiger partial charge in [-0.1, -0.05) is 42.8 Å². The first-order valence-electron chi connectivity index (χ1n) is 10.8. The van der Waals surface area contributed by atoms with Crippen molar-refractivity contribution in [2.45, 2.75) is 26.0 Å². The normalized spacial score (nSPS) is 16.5. The highest BCUT2D eigenvalue weighted by atomic mass is 35.5. The summed E-state index contributed by atoms with van der Waals surface area (Å²) in [6.07, 6.45) is 0.551. The Hall–Kier alpha value is -1.63. The Balaban J connectivity index is 1.24. The first-order chi connectivity index (χ1) is 14.6. The molecule has 1 aliphatic rings. The molecule has 1 aliphatic heterocycles. The van der Waals surface area contributed by atoms with Crippen LogP contribution in [0.3, 0.4) is 0 Å². The summed E-state index contributed by atoms with van der Waals surface area (Å²) in [6.45, 7) is 8.94. The monoisotopic (exact) mass is 432 g/mol. The van der Waals surface area contributed by atoms with Gasteiger partial charge >= 0.3 is 0 Å². The van der Waals surface area contributed by atoms with E-state index in [0.29, 0.717) is 26.4 Å². The summed E-state index contributed by atoms with van der Waals surface area (Å²) >= 11 is 5.95. The maximum absolute atomic E-state index is 10.3. The second-order valence-corrected chi connectivity index (χ2v) is 8.21. The van der Waals surface area contributed by atoms with E-state index < -0.39 is 6.10 Å². The molecule has 3 rings (SSSR count). The average Bonchev–Trinajstić information content (AvgIpc) is 2.77. The van der Waals surface area contributed by atoms with Crippen LogP contribution >= 0.6 is 11.6 Å². The van der Waals surface area contributed by atoms with Crippen molar-refractivity contribution in [3.63, 3.8) is 0 Å². The van der Waals surface area contributed by atoms with Crippen molar-refractivity contribution in [2.24, 2.45) is 0 Å². The largest absolute Gasteiger partial charge is 0.491 e. The summed E-state index contributed by atoms with van der Waals surface area (Å²) in [6, 6.07) is 16.2. The highest BCUT2D eigenvalue weighted by Crippen LogP contribution is 2.14. The maximum Gasteiger partial charge on any atom is 0.119 e. The lowest BCUT2D eigenvalue weighted by Crippen LogP contribution is -2.48. The van der Waals surface area contributed by atoms with Gasteiger partial charge in [0.05, 0.1) is 19.3 Å². The Morgan fingerprint density at radius 3 is 2.20 bits per heavy atom. The lowest BCUT2D eigenvalue weighted by atomic mass is 10.2. The van der Waals surface area contributed by atoms with Crippen molar-refractivity contribution in [1.82, 2.24) is 9.80 Å². The molecule has 0 bridgehead atoms. The molecule has 1 atom stereocenters. The highest BCUT2D eigenvalue weighted by molar-refractivity contribution is 6.30. The molecule has 30 heavy (non-hydrogen) atoms. The summed E-state index contributed by atoms with van der Waals surface area (Å²) in [4.78, 5) is 4.74. The number of nitrogens with zero attached hydrogens (tertiary/aromatic N) is 2. The predicted molar refractivity (Wildman–Crippen MR) is 121 cm³/mol. The highest BCUT2D eigenvalue weighted by Gasteiger charge is 2.19. The number of ether oxygens (including phenoxy) is 2. The van der Waals surface area contributed by atoms with Crippen LogP contribution in [-0.4, -0.2) is 73.6 Å². The van der Waals surface area contributed by atoms with E-state index in [1.807, 2.05) is 24.3 Å². The lowest BCUT2D eigenvalue weighted by molar-refractivity contribution is -0.000436. The zero-order valence-corrected chi connectivity index (χ0v) is 18.6. The van der Waals surface area contributed by atoms with Gasteiger partial charge in [0.2, 0.25) is 0 Å². The molecule has 1 heterocycles. The van der Waals surface area contributed by atoms with Crippen molar-refractivity contribution in [1.29, 1.82) is 0 Å². The lowest BCUT2D eigenvalue weighted by Gasteiger charge is -2.35. The van der Waals surface area contributed by atoms with Crippen molar-refractivity contribution in [3.05, 3.63) is 64.7 Å². The Kier molecular flexibility index (Phi) is 9.43. The summed E-state index contributed by atoms with van der Waals surface area (Å²) < 4.78 is 11.3. The number of benzene rings is 2. The quantitative estimate of drug-likeness (QED) is 0.551. The van der Waals surface area contributed by atoms with Gasteiger partial charge in [-0.05, 0) is 41.8 Å². The van der Waals surface area contributed by atoms with Crippen LogP contribution in [0.4, 0.5) is 0 Å². The number of rotatable bonds is 11. The number of aliphatic hydroxyl groups excluding tert-OH is 1. The van der Waals surface area contributed by atoms with Gasteiger partial charge in [0, 0.05) is 44.3 Å². The molecule has 6 heteroatoms. The molecule has 0 radical (unpaired) electrons. The van der Waals surface area contributed by atoms with E-state index in [4.69, 9.17) is 21.1 Å². The molecule has 1 fully saturated rings. The van der Waals surface area contributed by atoms with Gasteiger partial charge < -0.3 is 14.6 Å². The molecular formula is C24H33ClN2O3. The molecule has 1 saturated heterocycles. The smallest absolute Gasteiger partial charge is 0.119 e. The van der Waals surface area contributed by atoms with Gasteiger partial charge in [0.1, 0.15) is 12.4 Å². The third-order valence-electron chi connectivity index (χ3n) is 5.39. The Bertz CT molecular complexity index is 731. The number of β-amino-alcohol motifs (C(OH)–C–C–N with tert-alkyl or cyclic N) is 1. The van der Waals surface area contributed by atoms with Crippen LogP contribution in [0, 0.1) is 0 Å². The zero-order chi connectivity index (χ0) is 21.2. The number of aryl methyl sites for hydroxylation is 1.